The van der Waals surface area contributed by atoms with Gasteiger partial charge in [0.05, 0.1) is 22.4 Å². The summed E-state index contributed by atoms with van der Waals surface area (Å²) >= 11 is 5.90. The van der Waals surface area contributed by atoms with E-state index in [-0.39, 0.29) is 0 Å². The number of halogens is 1. The first kappa shape index (κ1) is 10.8. The lowest BCUT2D eigenvalue weighted by Gasteiger charge is -2.11. The van der Waals surface area contributed by atoms with Crippen LogP contribution in [0, 0.1) is 11.3 Å². The van der Waals surface area contributed by atoms with Crippen LogP contribution in [-0.4, -0.2) is 17.8 Å². The molecule has 4 heteroatoms. The fourth-order valence-electron chi connectivity index (χ4n) is 1.05. The second kappa shape index (κ2) is 4.85. The summed E-state index contributed by atoms with van der Waals surface area (Å²) < 4.78 is 0. The molecule has 0 fully saturated rings. The second-order valence-corrected chi connectivity index (χ2v) is 3.41. The molecule has 74 valence electrons. The summed E-state index contributed by atoms with van der Waals surface area (Å²) in [7, 11) is 0. The van der Waals surface area contributed by atoms with E-state index in [0.29, 0.717) is 22.8 Å². The number of hydrogen-bond donors (Lipinski definition) is 2. The molecular formula is C10H11ClN2O. The van der Waals surface area contributed by atoms with Crippen LogP contribution in [0.1, 0.15) is 12.5 Å². The number of rotatable bonds is 3. The highest BCUT2D eigenvalue weighted by molar-refractivity contribution is 6.33. The Balaban J connectivity index is 2.89. The van der Waals surface area contributed by atoms with Gasteiger partial charge in [-0.15, -0.1) is 0 Å². The van der Waals surface area contributed by atoms with E-state index < -0.39 is 6.10 Å². The molecule has 0 saturated heterocycles. The van der Waals surface area contributed by atoms with Gasteiger partial charge in [0, 0.05) is 6.54 Å². The molecule has 0 aliphatic rings. The van der Waals surface area contributed by atoms with Crippen molar-refractivity contribution in [3.63, 3.8) is 0 Å². The van der Waals surface area contributed by atoms with Crippen LogP contribution in [0.25, 0.3) is 0 Å². The third-order valence-electron chi connectivity index (χ3n) is 1.71. The predicted octanol–water partition coefficient (Wildman–Crippen LogP) is 2.00. The molecule has 0 heterocycles. The van der Waals surface area contributed by atoms with Crippen LogP contribution in [0.4, 0.5) is 5.69 Å². The van der Waals surface area contributed by atoms with Crippen LogP contribution in [0.15, 0.2) is 18.2 Å². The Morgan fingerprint density at radius 1 is 1.64 bits per heavy atom. The minimum absolute atomic E-state index is 0.373. The van der Waals surface area contributed by atoms with Gasteiger partial charge >= 0.3 is 0 Å². The van der Waals surface area contributed by atoms with Crippen molar-refractivity contribution >= 4 is 17.3 Å². The van der Waals surface area contributed by atoms with E-state index in [2.05, 4.69) is 5.32 Å². The molecule has 0 aliphatic carbocycles. The van der Waals surface area contributed by atoms with Crippen molar-refractivity contribution in [3.05, 3.63) is 28.8 Å². The number of para-hydroxylation sites is 1. The number of anilines is 1. The summed E-state index contributed by atoms with van der Waals surface area (Å²) in [6.45, 7) is 2.04. The quantitative estimate of drug-likeness (QED) is 0.803. The normalized spacial score (nSPS) is 11.9. The third-order valence-corrected chi connectivity index (χ3v) is 2.02. The highest BCUT2D eigenvalue weighted by Crippen LogP contribution is 2.25. The molecule has 2 N–H and O–H groups in total. The highest BCUT2D eigenvalue weighted by atomic mass is 35.5. The van der Waals surface area contributed by atoms with Crippen LogP contribution in [-0.2, 0) is 0 Å². The zero-order valence-corrected chi connectivity index (χ0v) is 8.54. The van der Waals surface area contributed by atoms with Gasteiger partial charge in [-0.1, -0.05) is 17.7 Å². The molecule has 0 unspecified atom stereocenters. The maximum Gasteiger partial charge on any atom is 0.101 e. The van der Waals surface area contributed by atoms with E-state index in [1.54, 1.807) is 25.1 Å². The maximum absolute atomic E-state index is 9.08. The predicted molar refractivity (Wildman–Crippen MR) is 56.3 cm³/mol. The van der Waals surface area contributed by atoms with Crippen molar-refractivity contribution in [2.45, 2.75) is 13.0 Å². The number of aliphatic hydroxyl groups is 1. The summed E-state index contributed by atoms with van der Waals surface area (Å²) in [5.74, 6) is 0. The van der Waals surface area contributed by atoms with Gasteiger partial charge in [-0.05, 0) is 19.1 Å². The number of aliphatic hydroxyl groups excluding tert-OH is 1. The topological polar surface area (TPSA) is 56.0 Å². The summed E-state index contributed by atoms with van der Waals surface area (Å²) in [5, 5.41) is 21.3. The molecule has 1 aromatic carbocycles. The van der Waals surface area contributed by atoms with Crippen LogP contribution < -0.4 is 5.32 Å². The minimum atomic E-state index is -0.474. The van der Waals surface area contributed by atoms with E-state index in [1.165, 1.54) is 0 Å². The number of benzene rings is 1. The fraction of sp³-hybridized carbons (Fsp3) is 0.300. The molecule has 1 atom stereocenters. The van der Waals surface area contributed by atoms with Crippen LogP contribution in [0.3, 0.4) is 0 Å². The molecule has 0 aromatic heterocycles. The largest absolute Gasteiger partial charge is 0.392 e. The van der Waals surface area contributed by atoms with Gasteiger partial charge in [0.2, 0.25) is 0 Å². The molecule has 14 heavy (non-hydrogen) atoms. The lowest BCUT2D eigenvalue weighted by atomic mass is 10.2. The van der Waals surface area contributed by atoms with E-state index in [0.717, 1.165) is 0 Å². The van der Waals surface area contributed by atoms with E-state index in [1.807, 2.05) is 6.07 Å². The lowest BCUT2D eigenvalue weighted by molar-refractivity contribution is 0.208. The zero-order chi connectivity index (χ0) is 10.6. The number of hydrogen-bond acceptors (Lipinski definition) is 3. The van der Waals surface area contributed by atoms with Crippen LogP contribution in [0.2, 0.25) is 5.02 Å². The first-order chi connectivity index (χ1) is 6.65. The summed E-state index contributed by atoms with van der Waals surface area (Å²) in [6, 6.07) is 7.13. The first-order valence-electron chi connectivity index (χ1n) is 4.25. The molecule has 1 rings (SSSR count). The average Bonchev–Trinajstić information content (AvgIpc) is 2.15. The Morgan fingerprint density at radius 3 is 2.93 bits per heavy atom. The van der Waals surface area contributed by atoms with Crippen molar-refractivity contribution in [2.24, 2.45) is 0 Å². The monoisotopic (exact) mass is 210 g/mol. The fourth-order valence-corrected chi connectivity index (χ4v) is 1.29. The smallest absolute Gasteiger partial charge is 0.101 e. The van der Waals surface area contributed by atoms with Crippen molar-refractivity contribution < 1.29 is 5.11 Å². The van der Waals surface area contributed by atoms with Gasteiger partial charge in [-0.2, -0.15) is 5.26 Å². The Bertz CT molecular complexity index is 358. The van der Waals surface area contributed by atoms with E-state index >= 15 is 0 Å². The first-order valence-corrected chi connectivity index (χ1v) is 4.63. The lowest BCUT2D eigenvalue weighted by Crippen LogP contribution is -2.16. The standard InChI is InChI=1S/C10H11ClN2O/c1-7(14)6-13-10-8(5-12)3-2-4-9(10)11/h2-4,7,13-14H,6H2,1H3/t7-/m0/s1. The van der Waals surface area contributed by atoms with Gasteiger partial charge in [0.25, 0.3) is 0 Å². The molecular weight excluding hydrogens is 200 g/mol. The number of nitrogens with zero attached hydrogens (tertiary/aromatic N) is 1. The Kier molecular flexibility index (Phi) is 3.75. The molecule has 0 spiro atoms. The summed E-state index contributed by atoms with van der Waals surface area (Å²) in [6.07, 6.45) is -0.474. The molecule has 0 amide bonds. The van der Waals surface area contributed by atoms with Gasteiger partial charge in [-0.3, -0.25) is 0 Å². The molecule has 1 aromatic rings. The number of nitrogens with one attached hydrogen (secondary N) is 1. The van der Waals surface area contributed by atoms with Crippen molar-refractivity contribution in [1.82, 2.24) is 0 Å². The third kappa shape index (κ3) is 2.63. The SMILES string of the molecule is C[C@H](O)CNc1c(Cl)cccc1C#N. The average molecular weight is 211 g/mol. The van der Waals surface area contributed by atoms with Gasteiger partial charge < -0.3 is 10.4 Å². The Hall–Kier alpha value is -1.24. The summed E-state index contributed by atoms with van der Waals surface area (Å²) in [5.41, 5.74) is 1.07. The second-order valence-electron chi connectivity index (χ2n) is 3.00. The van der Waals surface area contributed by atoms with Crippen molar-refractivity contribution in [3.8, 4) is 6.07 Å². The van der Waals surface area contributed by atoms with Gasteiger partial charge in [-0.25, -0.2) is 0 Å². The van der Waals surface area contributed by atoms with Crippen LogP contribution >= 0.6 is 11.6 Å². The molecule has 0 saturated carbocycles. The van der Waals surface area contributed by atoms with Crippen LogP contribution in [0.5, 0.6) is 0 Å². The molecule has 0 aliphatic heterocycles. The van der Waals surface area contributed by atoms with Crippen molar-refractivity contribution in [2.75, 3.05) is 11.9 Å². The van der Waals surface area contributed by atoms with E-state index in [4.69, 9.17) is 22.0 Å². The van der Waals surface area contributed by atoms with Gasteiger partial charge in [0.1, 0.15) is 6.07 Å². The van der Waals surface area contributed by atoms with Crippen molar-refractivity contribution in [1.29, 1.82) is 5.26 Å². The zero-order valence-electron chi connectivity index (χ0n) is 7.79. The minimum Gasteiger partial charge on any atom is -0.392 e. The molecule has 0 bridgehead atoms. The molecule has 0 radical (unpaired) electrons. The maximum atomic E-state index is 9.08. The Labute approximate surface area is 87.9 Å². The van der Waals surface area contributed by atoms with Gasteiger partial charge in [0.15, 0.2) is 0 Å². The summed E-state index contributed by atoms with van der Waals surface area (Å²) in [4.78, 5) is 0. The number of nitriles is 1. The molecule has 3 nitrogen and oxygen atoms in total. The Morgan fingerprint density at radius 2 is 2.36 bits per heavy atom. The highest BCUT2D eigenvalue weighted by Gasteiger charge is 2.06. The van der Waals surface area contributed by atoms with E-state index in [9.17, 15) is 0 Å².